The molecule has 7 unspecified atom stereocenters. The molecule has 0 spiro atoms. The topological polar surface area (TPSA) is 149 Å². The highest BCUT2D eigenvalue weighted by atomic mass is 16.7. The molecule has 6 N–H and O–H groups in total. The summed E-state index contributed by atoms with van der Waals surface area (Å²) < 4.78 is 11.3. The molecule has 1 fully saturated rings. The van der Waals surface area contributed by atoms with Crippen LogP contribution in [-0.2, 0) is 14.3 Å². The largest absolute Gasteiger partial charge is 0.394 e. The predicted octanol–water partition coefficient (Wildman–Crippen LogP) is 18.1. The van der Waals surface area contributed by atoms with Crippen molar-refractivity contribution < 1.29 is 39.8 Å². The number of hydrogen-bond donors (Lipinski definition) is 6. The van der Waals surface area contributed by atoms with Crippen molar-refractivity contribution in [2.45, 2.75) is 391 Å². The smallest absolute Gasteiger partial charge is 0.220 e. The fourth-order valence-corrected chi connectivity index (χ4v) is 11.2. The van der Waals surface area contributed by atoms with Crippen molar-refractivity contribution in [3.05, 3.63) is 24.3 Å². The molecule has 7 atom stereocenters. The van der Waals surface area contributed by atoms with Crippen LogP contribution in [0.25, 0.3) is 0 Å². The van der Waals surface area contributed by atoms with E-state index in [-0.39, 0.29) is 12.5 Å². The SMILES string of the molecule is CCCCCCCCCCCCCCCCCCCCCCCCCCCC/C=C/CC/C=C/C(O)C(COC1OC(CO)C(O)C(O)C1O)NC(=O)CCCCCCCCCCCCCCCCCCCCCCCC. The molecule has 0 aromatic rings. The van der Waals surface area contributed by atoms with Gasteiger partial charge >= 0.3 is 0 Å². The van der Waals surface area contributed by atoms with Gasteiger partial charge in [0.25, 0.3) is 0 Å². The highest BCUT2D eigenvalue weighted by Gasteiger charge is 2.44. The van der Waals surface area contributed by atoms with E-state index in [0.29, 0.717) is 6.42 Å². The Kier molecular flexibility index (Phi) is 55.4. The van der Waals surface area contributed by atoms with Crippen LogP contribution in [-0.4, -0.2) is 87.5 Å². The van der Waals surface area contributed by atoms with Gasteiger partial charge in [-0.25, -0.2) is 0 Å². The maximum absolute atomic E-state index is 13.1. The fraction of sp³-hybridized carbons (Fsp3) is 0.926. The first-order valence-corrected chi connectivity index (χ1v) is 34.1. The zero-order valence-electron chi connectivity index (χ0n) is 51.0. The Morgan fingerprint density at radius 3 is 1.09 bits per heavy atom. The van der Waals surface area contributed by atoms with Crippen molar-refractivity contribution in [3.63, 3.8) is 0 Å². The molecule has 0 radical (unpaired) electrons. The lowest BCUT2D eigenvalue weighted by Gasteiger charge is -2.40. The first-order valence-electron chi connectivity index (χ1n) is 34.1. The lowest BCUT2D eigenvalue weighted by Crippen LogP contribution is -2.60. The second-order valence-corrected chi connectivity index (χ2v) is 24.0. The van der Waals surface area contributed by atoms with Gasteiger partial charge in [-0.1, -0.05) is 334 Å². The molecule has 1 amide bonds. The van der Waals surface area contributed by atoms with E-state index < -0.39 is 49.5 Å². The Hall–Kier alpha value is -1.33. The molecule has 1 aliphatic rings. The van der Waals surface area contributed by atoms with Crippen LogP contribution < -0.4 is 5.32 Å². The molecular formula is C68H131NO8. The van der Waals surface area contributed by atoms with Crippen LogP contribution in [0.15, 0.2) is 24.3 Å². The van der Waals surface area contributed by atoms with Gasteiger partial charge < -0.3 is 40.3 Å². The summed E-state index contributed by atoms with van der Waals surface area (Å²) in [6.07, 6.45) is 68.6. The Labute approximate surface area is 477 Å². The van der Waals surface area contributed by atoms with E-state index in [0.717, 1.165) is 38.5 Å². The molecule has 9 nitrogen and oxygen atoms in total. The first kappa shape index (κ1) is 73.7. The lowest BCUT2D eigenvalue weighted by molar-refractivity contribution is -0.302. The Bertz CT molecular complexity index is 1260. The molecule has 9 heteroatoms. The van der Waals surface area contributed by atoms with Gasteiger partial charge in [0.05, 0.1) is 25.4 Å². The van der Waals surface area contributed by atoms with Crippen LogP contribution in [0.2, 0.25) is 0 Å². The van der Waals surface area contributed by atoms with Gasteiger partial charge in [0.15, 0.2) is 6.29 Å². The van der Waals surface area contributed by atoms with E-state index in [4.69, 9.17) is 9.47 Å². The van der Waals surface area contributed by atoms with E-state index in [1.807, 2.05) is 6.08 Å². The lowest BCUT2D eigenvalue weighted by atomic mass is 9.99. The van der Waals surface area contributed by atoms with Crippen molar-refractivity contribution in [1.82, 2.24) is 5.32 Å². The molecule has 77 heavy (non-hydrogen) atoms. The van der Waals surface area contributed by atoms with Gasteiger partial charge in [0.2, 0.25) is 5.91 Å². The first-order chi connectivity index (χ1) is 37.8. The summed E-state index contributed by atoms with van der Waals surface area (Å²) in [5, 5.41) is 54.7. The van der Waals surface area contributed by atoms with E-state index in [2.05, 4.69) is 31.3 Å². The third-order valence-corrected chi connectivity index (χ3v) is 16.5. The summed E-state index contributed by atoms with van der Waals surface area (Å²) >= 11 is 0. The summed E-state index contributed by atoms with van der Waals surface area (Å²) in [6.45, 7) is 3.82. The number of ether oxygens (including phenoxy) is 2. The minimum Gasteiger partial charge on any atom is -0.394 e. The average Bonchev–Trinajstić information content (AvgIpc) is 3.43. The summed E-state index contributed by atoms with van der Waals surface area (Å²) in [7, 11) is 0. The molecule has 0 saturated carbocycles. The molecule has 1 aliphatic heterocycles. The van der Waals surface area contributed by atoms with Crippen LogP contribution in [0.1, 0.15) is 348 Å². The maximum atomic E-state index is 13.1. The van der Waals surface area contributed by atoms with Gasteiger partial charge in [-0.05, 0) is 32.1 Å². The predicted molar refractivity (Wildman–Crippen MR) is 327 cm³/mol. The van der Waals surface area contributed by atoms with E-state index in [1.54, 1.807) is 6.08 Å². The zero-order chi connectivity index (χ0) is 55.8. The number of rotatable bonds is 60. The number of nitrogens with one attached hydrogen (secondary N) is 1. The number of allylic oxidation sites excluding steroid dienone is 3. The normalized spacial score (nSPS) is 18.8. The summed E-state index contributed by atoms with van der Waals surface area (Å²) in [5.74, 6) is -0.179. The van der Waals surface area contributed by atoms with Crippen LogP contribution in [0.4, 0.5) is 0 Å². The highest BCUT2D eigenvalue weighted by Crippen LogP contribution is 2.23. The van der Waals surface area contributed by atoms with Crippen LogP contribution >= 0.6 is 0 Å². The molecule has 1 heterocycles. The summed E-state index contributed by atoms with van der Waals surface area (Å²) in [6, 6.07) is -0.820. The molecule has 456 valence electrons. The van der Waals surface area contributed by atoms with Crippen LogP contribution in [0.3, 0.4) is 0 Å². The minimum atomic E-state index is -1.57. The van der Waals surface area contributed by atoms with Gasteiger partial charge in [0, 0.05) is 6.42 Å². The molecule has 0 aromatic carbocycles. The maximum Gasteiger partial charge on any atom is 0.220 e. The Morgan fingerprint density at radius 1 is 0.429 bits per heavy atom. The highest BCUT2D eigenvalue weighted by molar-refractivity contribution is 5.76. The van der Waals surface area contributed by atoms with Crippen molar-refractivity contribution >= 4 is 5.91 Å². The Balaban J connectivity index is 2.14. The number of carbonyl (C=O) groups excluding carboxylic acids is 1. The van der Waals surface area contributed by atoms with E-state index in [1.165, 1.54) is 289 Å². The molecule has 0 bridgehead atoms. The summed E-state index contributed by atoms with van der Waals surface area (Å²) in [5.41, 5.74) is 0. The third kappa shape index (κ3) is 46.9. The van der Waals surface area contributed by atoms with Crippen molar-refractivity contribution in [2.75, 3.05) is 13.2 Å². The minimum absolute atomic E-state index is 0.179. The molecule has 0 aromatic heterocycles. The number of amides is 1. The third-order valence-electron chi connectivity index (χ3n) is 16.5. The van der Waals surface area contributed by atoms with E-state index >= 15 is 0 Å². The second kappa shape index (κ2) is 57.9. The van der Waals surface area contributed by atoms with Crippen LogP contribution in [0, 0.1) is 0 Å². The number of aliphatic hydroxyl groups excluding tert-OH is 5. The molecule has 0 aliphatic carbocycles. The number of unbranched alkanes of at least 4 members (excludes halogenated alkanes) is 48. The molecule has 1 saturated heterocycles. The van der Waals surface area contributed by atoms with Gasteiger partial charge in [-0.3, -0.25) is 4.79 Å². The molecule has 1 rings (SSSR count). The number of hydrogen-bond acceptors (Lipinski definition) is 8. The van der Waals surface area contributed by atoms with Crippen molar-refractivity contribution in [1.29, 1.82) is 0 Å². The number of aliphatic hydroxyl groups is 5. The van der Waals surface area contributed by atoms with Crippen LogP contribution in [0.5, 0.6) is 0 Å². The second-order valence-electron chi connectivity index (χ2n) is 24.0. The zero-order valence-corrected chi connectivity index (χ0v) is 51.0. The molecular weight excluding hydrogens is 959 g/mol. The van der Waals surface area contributed by atoms with Crippen molar-refractivity contribution in [3.8, 4) is 0 Å². The van der Waals surface area contributed by atoms with Gasteiger partial charge in [-0.2, -0.15) is 0 Å². The summed E-state index contributed by atoms with van der Waals surface area (Å²) in [4.78, 5) is 13.1. The fourth-order valence-electron chi connectivity index (χ4n) is 11.2. The quantitative estimate of drug-likeness (QED) is 0.0261. The Morgan fingerprint density at radius 2 is 0.740 bits per heavy atom. The monoisotopic (exact) mass is 1090 g/mol. The van der Waals surface area contributed by atoms with Gasteiger partial charge in [0.1, 0.15) is 24.4 Å². The van der Waals surface area contributed by atoms with Crippen molar-refractivity contribution in [2.24, 2.45) is 0 Å². The average molecular weight is 1090 g/mol. The van der Waals surface area contributed by atoms with Gasteiger partial charge in [-0.15, -0.1) is 0 Å². The standard InChI is InChI=1S/C68H131NO8/c1-3-5-7-9-11-13-15-17-19-21-23-25-27-28-29-30-31-32-33-34-35-36-37-39-41-43-45-47-49-51-53-55-57-62(71)61(60-76-68-67(75)66(74)65(73)63(59-70)77-68)69-64(72)58-56-54-52-50-48-46-44-42-40-38-26-24-22-20-18-16-14-12-10-8-6-4-2/h47,49,55,57,61-63,65-68,70-71,73-75H,3-46,48,50-54,56,58-60H2,1-2H3,(H,69,72)/b49-47+,57-55+. The van der Waals surface area contributed by atoms with E-state index in [9.17, 15) is 30.3 Å². The number of carbonyl (C=O) groups is 1.